The lowest BCUT2D eigenvalue weighted by Crippen LogP contribution is -2.59. The Morgan fingerprint density at radius 2 is 1.66 bits per heavy atom. The number of alkyl halides is 3. The van der Waals surface area contributed by atoms with E-state index in [1.54, 1.807) is 0 Å². The third-order valence-corrected chi connectivity index (χ3v) is 8.10. The van der Waals surface area contributed by atoms with Crippen LogP contribution in [-0.4, -0.2) is 27.4 Å². The van der Waals surface area contributed by atoms with Gasteiger partial charge in [-0.05, 0) is 61.8 Å². The number of amides is 1. The van der Waals surface area contributed by atoms with Crippen LogP contribution in [0.15, 0.2) is 36.5 Å². The van der Waals surface area contributed by atoms with Gasteiger partial charge in [-0.3, -0.25) is 4.79 Å². The number of anilines is 1. The Morgan fingerprint density at radius 3 is 2.25 bits per heavy atom. The van der Waals surface area contributed by atoms with Crippen LogP contribution in [0, 0.1) is 17.8 Å². The fourth-order valence-electron chi connectivity index (χ4n) is 7.20. The zero-order chi connectivity index (χ0) is 22.1. The summed E-state index contributed by atoms with van der Waals surface area (Å²) in [5.41, 5.74) is 0.759. The second-order valence-corrected chi connectivity index (χ2v) is 10.4. The molecule has 1 aromatic carbocycles. The fraction of sp³-hybridized carbons (Fsp3) is 0.583. The van der Waals surface area contributed by atoms with Crippen LogP contribution in [0.3, 0.4) is 0 Å². The minimum atomic E-state index is -4.45. The molecule has 0 unspecified atom stereocenters. The van der Waals surface area contributed by atoms with Crippen LogP contribution in [0.2, 0.25) is 0 Å². The van der Waals surface area contributed by atoms with Crippen LogP contribution in [0.1, 0.15) is 73.0 Å². The quantitative estimate of drug-likeness (QED) is 0.681. The average Bonchev–Trinajstić information content (AvgIpc) is 3.15. The first-order valence-corrected chi connectivity index (χ1v) is 11.6. The number of rotatable bonds is 3. The normalized spacial score (nSPS) is 35.3. The van der Waals surface area contributed by atoms with Gasteiger partial charge in [0.2, 0.25) is 0 Å². The van der Waals surface area contributed by atoms with Gasteiger partial charge in [-0.2, -0.15) is 18.3 Å². The second kappa shape index (κ2) is 6.99. The summed E-state index contributed by atoms with van der Waals surface area (Å²) in [7, 11) is 0. The van der Waals surface area contributed by atoms with Crippen LogP contribution in [0.25, 0.3) is 0 Å². The van der Waals surface area contributed by atoms with Crippen molar-refractivity contribution < 1.29 is 18.0 Å². The summed E-state index contributed by atoms with van der Waals surface area (Å²) in [6.45, 7) is 0. The Hall–Kier alpha value is -2.51. The fourth-order valence-corrected chi connectivity index (χ4v) is 7.20. The predicted octanol–water partition coefficient (Wildman–Crippen LogP) is 5.24. The lowest BCUT2D eigenvalue weighted by atomic mass is 9.53. The minimum absolute atomic E-state index is 0.162. The summed E-state index contributed by atoms with van der Waals surface area (Å²) in [5, 5.41) is 10.5. The number of benzene rings is 1. The van der Waals surface area contributed by atoms with Gasteiger partial charge < -0.3 is 10.6 Å². The topological polar surface area (TPSA) is 59.0 Å². The maximum atomic E-state index is 13.9. The van der Waals surface area contributed by atoms with Gasteiger partial charge in [-0.1, -0.05) is 30.3 Å². The molecule has 32 heavy (non-hydrogen) atoms. The van der Waals surface area contributed by atoms with Crippen LogP contribution < -0.4 is 10.6 Å². The van der Waals surface area contributed by atoms with Crippen molar-refractivity contribution in [3.8, 4) is 0 Å². The van der Waals surface area contributed by atoms with Gasteiger partial charge in [-0.25, -0.2) is 4.68 Å². The van der Waals surface area contributed by atoms with E-state index in [0.717, 1.165) is 29.5 Å². The van der Waals surface area contributed by atoms with E-state index in [1.807, 2.05) is 30.3 Å². The first kappa shape index (κ1) is 20.1. The average molecular weight is 445 g/mol. The van der Waals surface area contributed by atoms with Crippen molar-refractivity contribution in [2.24, 2.45) is 17.8 Å². The zero-order valence-electron chi connectivity index (χ0n) is 17.7. The number of hydrogen-bond donors (Lipinski definition) is 2. The van der Waals surface area contributed by atoms with E-state index < -0.39 is 18.3 Å². The summed E-state index contributed by atoms with van der Waals surface area (Å²) in [4.78, 5) is 13.4. The molecule has 1 aromatic heterocycles. The van der Waals surface area contributed by atoms with Crippen molar-refractivity contribution in [1.29, 1.82) is 0 Å². The summed E-state index contributed by atoms with van der Waals surface area (Å²) >= 11 is 0. The first-order chi connectivity index (χ1) is 15.3. The maximum absolute atomic E-state index is 13.9. The Labute approximate surface area is 184 Å². The smallest absolute Gasteiger partial charge is 0.363 e. The number of nitrogens with one attached hydrogen (secondary N) is 2. The van der Waals surface area contributed by atoms with Crippen LogP contribution >= 0.6 is 0 Å². The number of hydrogen-bond acceptors (Lipinski definition) is 3. The molecule has 4 bridgehead atoms. The highest BCUT2D eigenvalue weighted by Gasteiger charge is 2.52. The van der Waals surface area contributed by atoms with Crippen molar-refractivity contribution in [2.45, 2.75) is 68.7 Å². The van der Waals surface area contributed by atoms with Gasteiger partial charge >= 0.3 is 6.18 Å². The Balaban J connectivity index is 1.31. The van der Waals surface area contributed by atoms with Crippen molar-refractivity contribution in [2.75, 3.05) is 5.32 Å². The molecular weight excluding hydrogens is 417 g/mol. The van der Waals surface area contributed by atoms with E-state index >= 15 is 0 Å². The van der Waals surface area contributed by atoms with Crippen LogP contribution in [-0.2, 0) is 0 Å². The highest BCUT2D eigenvalue weighted by atomic mass is 19.4. The number of carbonyl (C=O) groups is 1. The van der Waals surface area contributed by atoms with E-state index in [9.17, 15) is 18.0 Å². The van der Waals surface area contributed by atoms with Crippen LogP contribution in [0.5, 0.6) is 0 Å². The molecule has 2 heterocycles. The molecule has 4 aliphatic carbocycles. The highest BCUT2D eigenvalue weighted by Crippen LogP contribution is 2.55. The summed E-state index contributed by atoms with van der Waals surface area (Å²) in [5.74, 6) is 1.85. The van der Waals surface area contributed by atoms with Gasteiger partial charge in [0.05, 0.1) is 12.2 Å². The van der Waals surface area contributed by atoms with E-state index in [4.69, 9.17) is 0 Å². The number of halogens is 3. The van der Waals surface area contributed by atoms with Gasteiger partial charge in [0.1, 0.15) is 11.4 Å². The number of aromatic nitrogens is 2. The Bertz CT molecular complexity index is 996. The van der Waals surface area contributed by atoms with Crippen molar-refractivity contribution in [1.82, 2.24) is 15.1 Å². The molecule has 0 spiro atoms. The molecule has 5 nitrogen and oxygen atoms in total. The largest absolute Gasteiger partial charge is 0.410 e. The summed E-state index contributed by atoms with van der Waals surface area (Å²) in [6.07, 6.45) is 3.40. The molecule has 1 amide bonds. The SMILES string of the molecule is O=C(NC12CC3CC(CC(C3)C1)C2)c1cnn2c1N[C@@H](c1ccccc1)C[C@@H]2C(F)(F)F. The molecule has 8 heteroatoms. The standard InChI is InChI=1S/C24H27F3N4O/c25-24(26,27)20-9-19(17-4-2-1-3-5-17)29-21-18(13-28-31(20)21)22(32)30-23-10-14-6-15(11-23)8-16(7-14)12-23/h1-5,13-16,19-20,29H,6-12H2,(H,30,32)/t14?,15?,16?,19-,20-,23?/m1/s1. The maximum Gasteiger partial charge on any atom is 0.410 e. The summed E-state index contributed by atoms with van der Waals surface area (Å²) in [6, 6.07) is 6.77. The van der Waals surface area contributed by atoms with Crippen molar-refractivity contribution in [3.05, 3.63) is 47.7 Å². The molecule has 2 atom stereocenters. The predicted molar refractivity (Wildman–Crippen MR) is 113 cm³/mol. The first-order valence-electron chi connectivity index (χ1n) is 11.6. The molecule has 0 saturated heterocycles. The van der Waals surface area contributed by atoms with Crippen molar-refractivity contribution >= 4 is 11.7 Å². The molecule has 2 N–H and O–H groups in total. The second-order valence-electron chi connectivity index (χ2n) is 10.4. The lowest BCUT2D eigenvalue weighted by Gasteiger charge is -2.56. The van der Waals surface area contributed by atoms with E-state index in [0.29, 0.717) is 17.8 Å². The third kappa shape index (κ3) is 3.30. The molecule has 170 valence electrons. The molecule has 0 radical (unpaired) electrons. The van der Waals surface area contributed by atoms with Gasteiger partial charge in [0.15, 0.2) is 6.04 Å². The highest BCUT2D eigenvalue weighted by molar-refractivity contribution is 5.99. The zero-order valence-corrected chi connectivity index (χ0v) is 17.7. The molecule has 1 aliphatic heterocycles. The molecule has 2 aromatic rings. The summed E-state index contributed by atoms with van der Waals surface area (Å²) < 4.78 is 42.7. The van der Waals surface area contributed by atoms with Crippen molar-refractivity contribution in [3.63, 3.8) is 0 Å². The number of fused-ring (bicyclic) bond motifs is 1. The number of carbonyl (C=O) groups excluding carboxylic acids is 1. The van der Waals surface area contributed by atoms with E-state index in [-0.39, 0.29) is 29.2 Å². The monoisotopic (exact) mass is 444 g/mol. The minimum Gasteiger partial charge on any atom is -0.363 e. The lowest BCUT2D eigenvalue weighted by molar-refractivity contribution is -0.173. The van der Waals surface area contributed by atoms with Gasteiger partial charge in [0.25, 0.3) is 5.91 Å². The Kier molecular flexibility index (Phi) is 4.40. The molecule has 7 rings (SSSR count). The number of nitrogens with zero attached hydrogens (tertiary/aromatic N) is 2. The molecule has 4 fully saturated rings. The van der Waals surface area contributed by atoms with Crippen LogP contribution in [0.4, 0.5) is 19.0 Å². The molecular formula is C24H27F3N4O. The van der Waals surface area contributed by atoms with E-state index in [1.165, 1.54) is 25.5 Å². The molecule has 5 aliphatic rings. The molecule has 4 saturated carbocycles. The Morgan fingerprint density at radius 1 is 1.03 bits per heavy atom. The van der Waals surface area contributed by atoms with Gasteiger partial charge in [-0.15, -0.1) is 0 Å². The van der Waals surface area contributed by atoms with Gasteiger partial charge in [0, 0.05) is 12.0 Å². The third-order valence-electron chi connectivity index (χ3n) is 8.10. The van der Waals surface area contributed by atoms with E-state index in [2.05, 4.69) is 15.7 Å².